The molecular formula is C19H24BrIN6S. The molecule has 0 aliphatic carbocycles. The predicted molar refractivity (Wildman–Crippen MR) is 129 cm³/mol. The fraction of sp³-hybridized carbons (Fsp3) is 0.316. The SMILES string of the molecule is Cc1nnc(CN=C(NCc2cccs2)N(C)Cc2ccc(Br)cc2)n1C.I. The zero-order valence-electron chi connectivity index (χ0n) is 16.1. The molecule has 0 radical (unpaired) electrons. The molecular weight excluding hydrogens is 551 g/mol. The molecule has 3 aromatic rings. The summed E-state index contributed by atoms with van der Waals surface area (Å²) in [4.78, 5) is 8.18. The lowest BCUT2D eigenvalue weighted by Crippen LogP contribution is -2.38. The molecule has 6 nitrogen and oxygen atoms in total. The van der Waals surface area contributed by atoms with Crippen LogP contribution >= 0.6 is 51.2 Å². The van der Waals surface area contributed by atoms with Crippen molar-refractivity contribution < 1.29 is 0 Å². The number of rotatable bonds is 6. The first-order valence-corrected chi connectivity index (χ1v) is 10.3. The highest BCUT2D eigenvalue weighted by molar-refractivity contribution is 14.0. The molecule has 0 atom stereocenters. The molecule has 0 spiro atoms. The van der Waals surface area contributed by atoms with Gasteiger partial charge in [-0.1, -0.05) is 34.1 Å². The van der Waals surface area contributed by atoms with Crippen molar-refractivity contribution in [1.29, 1.82) is 0 Å². The Kier molecular flexibility index (Phi) is 8.90. The Morgan fingerprint density at radius 2 is 2.00 bits per heavy atom. The second kappa shape index (κ2) is 10.9. The molecule has 0 amide bonds. The van der Waals surface area contributed by atoms with E-state index in [2.05, 4.69) is 78.1 Å². The van der Waals surface area contributed by atoms with Gasteiger partial charge in [0.15, 0.2) is 11.8 Å². The Balaban J connectivity index is 0.00000280. The quantitative estimate of drug-likeness (QED) is 0.270. The van der Waals surface area contributed by atoms with Crippen molar-refractivity contribution in [1.82, 2.24) is 25.0 Å². The van der Waals surface area contributed by atoms with Crippen LogP contribution in [0.25, 0.3) is 0 Å². The summed E-state index contributed by atoms with van der Waals surface area (Å²) >= 11 is 5.22. The Hall–Kier alpha value is -1.46. The third-order valence-electron chi connectivity index (χ3n) is 4.25. The number of thiophene rings is 1. The number of hydrogen-bond donors (Lipinski definition) is 1. The molecule has 0 unspecified atom stereocenters. The fourth-order valence-electron chi connectivity index (χ4n) is 2.56. The number of nitrogens with one attached hydrogen (secondary N) is 1. The van der Waals surface area contributed by atoms with E-state index in [4.69, 9.17) is 4.99 Å². The number of benzene rings is 1. The Labute approximate surface area is 195 Å². The molecule has 0 aliphatic rings. The van der Waals surface area contributed by atoms with Gasteiger partial charge in [-0.05, 0) is 36.1 Å². The first-order chi connectivity index (χ1) is 13.0. The minimum absolute atomic E-state index is 0. The normalized spacial score (nSPS) is 11.2. The molecule has 0 bridgehead atoms. The highest BCUT2D eigenvalue weighted by atomic mass is 127. The number of hydrogen-bond acceptors (Lipinski definition) is 4. The van der Waals surface area contributed by atoms with E-state index in [-0.39, 0.29) is 24.0 Å². The van der Waals surface area contributed by atoms with Crippen molar-refractivity contribution in [3.8, 4) is 0 Å². The van der Waals surface area contributed by atoms with Crippen molar-refractivity contribution in [2.75, 3.05) is 7.05 Å². The monoisotopic (exact) mass is 574 g/mol. The zero-order chi connectivity index (χ0) is 19.2. The van der Waals surface area contributed by atoms with Gasteiger partial charge in [0, 0.05) is 30.0 Å². The smallest absolute Gasteiger partial charge is 0.194 e. The van der Waals surface area contributed by atoms with E-state index in [1.807, 2.05) is 25.6 Å². The first-order valence-electron chi connectivity index (χ1n) is 8.64. The number of aliphatic imine (C=N–C) groups is 1. The maximum Gasteiger partial charge on any atom is 0.194 e. The minimum Gasteiger partial charge on any atom is -0.351 e. The molecule has 150 valence electrons. The maximum absolute atomic E-state index is 4.78. The number of halogens is 2. The number of nitrogens with zero attached hydrogens (tertiary/aromatic N) is 5. The summed E-state index contributed by atoms with van der Waals surface area (Å²) in [6.07, 6.45) is 0. The molecule has 3 rings (SSSR count). The van der Waals surface area contributed by atoms with Crippen molar-refractivity contribution in [2.45, 2.75) is 26.6 Å². The van der Waals surface area contributed by atoms with Crippen LogP contribution in [0, 0.1) is 6.92 Å². The summed E-state index contributed by atoms with van der Waals surface area (Å²) in [7, 11) is 4.01. The molecule has 0 saturated heterocycles. The van der Waals surface area contributed by atoms with Crippen molar-refractivity contribution in [2.24, 2.45) is 12.0 Å². The molecule has 1 aromatic carbocycles. The average Bonchev–Trinajstić information content (AvgIpc) is 3.28. The van der Waals surface area contributed by atoms with Gasteiger partial charge in [0.1, 0.15) is 12.4 Å². The van der Waals surface area contributed by atoms with Crippen LogP contribution in [-0.2, 0) is 26.7 Å². The lowest BCUT2D eigenvalue weighted by molar-refractivity contribution is 0.474. The van der Waals surface area contributed by atoms with Gasteiger partial charge in [0.25, 0.3) is 0 Å². The highest BCUT2D eigenvalue weighted by Crippen LogP contribution is 2.13. The summed E-state index contributed by atoms with van der Waals surface area (Å²) in [6.45, 7) is 3.94. The van der Waals surface area contributed by atoms with Gasteiger partial charge >= 0.3 is 0 Å². The van der Waals surface area contributed by atoms with Crippen LogP contribution in [-0.4, -0.2) is 32.7 Å². The van der Waals surface area contributed by atoms with E-state index in [1.54, 1.807) is 11.3 Å². The van der Waals surface area contributed by atoms with Gasteiger partial charge in [-0.3, -0.25) is 0 Å². The zero-order valence-corrected chi connectivity index (χ0v) is 20.8. The molecule has 2 aromatic heterocycles. The molecule has 9 heteroatoms. The third kappa shape index (κ3) is 6.28. The topological polar surface area (TPSA) is 58.3 Å². The molecule has 0 aliphatic heterocycles. The van der Waals surface area contributed by atoms with E-state index >= 15 is 0 Å². The Bertz CT molecular complexity index is 892. The van der Waals surface area contributed by atoms with Crippen LogP contribution in [0.3, 0.4) is 0 Å². The summed E-state index contributed by atoms with van der Waals surface area (Å²) in [5, 5.41) is 13.9. The van der Waals surface area contributed by atoms with Crippen LogP contribution in [0.2, 0.25) is 0 Å². The molecule has 0 saturated carbocycles. The summed E-state index contributed by atoms with van der Waals surface area (Å²) in [6, 6.07) is 12.5. The van der Waals surface area contributed by atoms with Gasteiger partial charge in [-0.2, -0.15) is 0 Å². The number of aromatic nitrogens is 3. The van der Waals surface area contributed by atoms with Gasteiger partial charge < -0.3 is 14.8 Å². The summed E-state index contributed by atoms with van der Waals surface area (Å²) in [5.74, 6) is 2.57. The Morgan fingerprint density at radius 1 is 1.25 bits per heavy atom. The second-order valence-electron chi connectivity index (χ2n) is 6.28. The van der Waals surface area contributed by atoms with E-state index in [1.165, 1.54) is 10.4 Å². The minimum atomic E-state index is 0. The van der Waals surface area contributed by atoms with E-state index in [9.17, 15) is 0 Å². The van der Waals surface area contributed by atoms with Gasteiger partial charge in [0.2, 0.25) is 0 Å². The predicted octanol–water partition coefficient (Wildman–Crippen LogP) is 4.34. The Morgan fingerprint density at radius 3 is 2.61 bits per heavy atom. The molecule has 1 N–H and O–H groups in total. The summed E-state index contributed by atoms with van der Waals surface area (Å²) < 4.78 is 3.05. The van der Waals surface area contributed by atoms with Gasteiger partial charge in [0.05, 0.1) is 6.54 Å². The second-order valence-corrected chi connectivity index (χ2v) is 8.23. The fourth-order valence-corrected chi connectivity index (χ4v) is 3.47. The van der Waals surface area contributed by atoms with Crippen molar-refractivity contribution in [3.05, 3.63) is 68.3 Å². The van der Waals surface area contributed by atoms with Gasteiger partial charge in [-0.15, -0.1) is 45.5 Å². The largest absolute Gasteiger partial charge is 0.351 e. The van der Waals surface area contributed by atoms with E-state index < -0.39 is 0 Å². The average molecular weight is 575 g/mol. The molecule has 0 fully saturated rings. The summed E-state index contributed by atoms with van der Waals surface area (Å²) in [5.41, 5.74) is 1.22. The lowest BCUT2D eigenvalue weighted by Gasteiger charge is -2.22. The van der Waals surface area contributed by atoms with Gasteiger partial charge in [-0.25, -0.2) is 4.99 Å². The number of aryl methyl sites for hydroxylation is 1. The molecule has 28 heavy (non-hydrogen) atoms. The molecule has 2 heterocycles. The van der Waals surface area contributed by atoms with E-state index in [0.29, 0.717) is 6.54 Å². The van der Waals surface area contributed by atoms with Crippen LogP contribution < -0.4 is 5.32 Å². The van der Waals surface area contributed by atoms with Crippen molar-refractivity contribution >= 4 is 57.2 Å². The van der Waals surface area contributed by atoms with Crippen molar-refractivity contribution in [3.63, 3.8) is 0 Å². The third-order valence-corrected chi connectivity index (χ3v) is 5.65. The lowest BCUT2D eigenvalue weighted by atomic mass is 10.2. The maximum atomic E-state index is 4.78. The van der Waals surface area contributed by atoms with Crippen LogP contribution in [0.4, 0.5) is 0 Å². The van der Waals surface area contributed by atoms with Crippen LogP contribution in [0.5, 0.6) is 0 Å². The van der Waals surface area contributed by atoms with Crippen LogP contribution in [0.1, 0.15) is 22.1 Å². The van der Waals surface area contributed by atoms with E-state index in [0.717, 1.165) is 35.2 Å². The van der Waals surface area contributed by atoms with Crippen LogP contribution in [0.15, 0.2) is 51.2 Å². The first kappa shape index (κ1) is 22.8. The number of guanidine groups is 1. The highest BCUT2D eigenvalue weighted by Gasteiger charge is 2.10. The standard InChI is InChI=1S/C19H23BrN6S.HI/c1-14-23-24-18(26(14)3)12-22-19(21-11-17-5-4-10-27-17)25(2)13-15-6-8-16(20)9-7-15;/h4-10H,11-13H2,1-3H3,(H,21,22);1H.